The summed E-state index contributed by atoms with van der Waals surface area (Å²) in [4.78, 5) is 13.8. The van der Waals surface area contributed by atoms with Gasteiger partial charge < -0.3 is 9.64 Å². The Kier molecular flexibility index (Phi) is 5.28. The van der Waals surface area contributed by atoms with Crippen LogP contribution in [0.1, 0.15) is 44.7 Å². The molecule has 0 aromatic heterocycles. The smallest absolute Gasteiger partial charge is 0.410 e. The van der Waals surface area contributed by atoms with E-state index in [2.05, 4.69) is 43.3 Å². The average molecular weight is 301 g/mol. The van der Waals surface area contributed by atoms with Gasteiger partial charge in [0, 0.05) is 13.1 Å². The summed E-state index contributed by atoms with van der Waals surface area (Å²) in [6.07, 6.45) is 6.28. The van der Waals surface area contributed by atoms with Gasteiger partial charge in [0.15, 0.2) is 0 Å². The Morgan fingerprint density at radius 1 is 1.18 bits per heavy atom. The number of likely N-dealkylation sites (tertiary alicyclic amines) is 1. The first-order valence-electron chi connectivity index (χ1n) is 8.06. The van der Waals surface area contributed by atoms with Crippen LogP contribution in [0.2, 0.25) is 0 Å². The number of benzene rings is 1. The molecular weight excluding hydrogens is 274 g/mol. The van der Waals surface area contributed by atoms with Gasteiger partial charge in [-0.25, -0.2) is 4.79 Å². The topological polar surface area (TPSA) is 29.5 Å². The van der Waals surface area contributed by atoms with Gasteiger partial charge in [-0.05, 0) is 52.0 Å². The van der Waals surface area contributed by atoms with Crippen molar-refractivity contribution in [3.8, 4) is 0 Å². The third kappa shape index (κ3) is 5.21. The van der Waals surface area contributed by atoms with Gasteiger partial charge in [-0.15, -0.1) is 0 Å². The highest BCUT2D eigenvalue weighted by Crippen LogP contribution is 2.21. The molecule has 1 aromatic rings. The van der Waals surface area contributed by atoms with Crippen LogP contribution in [0.25, 0.3) is 6.08 Å². The Labute approximate surface area is 134 Å². The van der Waals surface area contributed by atoms with Crippen molar-refractivity contribution in [1.82, 2.24) is 4.90 Å². The van der Waals surface area contributed by atoms with Crippen LogP contribution in [0.4, 0.5) is 4.79 Å². The summed E-state index contributed by atoms with van der Waals surface area (Å²) >= 11 is 0. The third-order valence-electron chi connectivity index (χ3n) is 3.83. The molecule has 3 nitrogen and oxygen atoms in total. The van der Waals surface area contributed by atoms with E-state index in [0.717, 1.165) is 25.9 Å². The molecule has 3 heteroatoms. The number of aryl methyl sites for hydroxylation is 1. The SMILES string of the molecule is Cc1ccc(/C=C/C2CCN(C(=O)OC(C)(C)C)CC2)cc1. The molecule has 1 heterocycles. The van der Waals surface area contributed by atoms with E-state index in [4.69, 9.17) is 4.74 Å². The van der Waals surface area contributed by atoms with E-state index in [-0.39, 0.29) is 6.09 Å². The monoisotopic (exact) mass is 301 g/mol. The molecule has 1 aliphatic heterocycles. The van der Waals surface area contributed by atoms with Crippen molar-refractivity contribution in [3.63, 3.8) is 0 Å². The van der Waals surface area contributed by atoms with Crippen LogP contribution in [0, 0.1) is 12.8 Å². The molecule has 0 spiro atoms. The van der Waals surface area contributed by atoms with E-state index in [9.17, 15) is 4.79 Å². The quantitative estimate of drug-likeness (QED) is 0.795. The second-order valence-corrected chi connectivity index (χ2v) is 7.07. The zero-order valence-corrected chi connectivity index (χ0v) is 14.1. The molecule has 1 aliphatic rings. The Hall–Kier alpha value is -1.77. The predicted octanol–water partition coefficient (Wildman–Crippen LogP) is 4.66. The highest BCUT2D eigenvalue weighted by molar-refractivity contribution is 5.68. The van der Waals surface area contributed by atoms with Gasteiger partial charge in [-0.2, -0.15) is 0 Å². The summed E-state index contributed by atoms with van der Waals surface area (Å²) in [5.74, 6) is 0.542. The molecule has 0 aliphatic carbocycles. The zero-order chi connectivity index (χ0) is 16.2. The van der Waals surface area contributed by atoms with Crippen LogP contribution in [0.15, 0.2) is 30.3 Å². The number of carbonyl (C=O) groups excluding carboxylic acids is 1. The summed E-state index contributed by atoms with van der Waals surface area (Å²) < 4.78 is 5.42. The van der Waals surface area contributed by atoms with E-state index in [0.29, 0.717) is 5.92 Å². The van der Waals surface area contributed by atoms with E-state index in [1.54, 1.807) is 0 Å². The van der Waals surface area contributed by atoms with Crippen LogP contribution in [-0.4, -0.2) is 29.7 Å². The maximum atomic E-state index is 12.0. The lowest BCUT2D eigenvalue weighted by Crippen LogP contribution is -2.41. The van der Waals surface area contributed by atoms with Crippen LogP contribution in [-0.2, 0) is 4.74 Å². The van der Waals surface area contributed by atoms with E-state index in [1.807, 2.05) is 25.7 Å². The lowest BCUT2D eigenvalue weighted by Gasteiger charge is -2.32. The van der Waals surface area contributed by atoms with Gasteiger partial charge in [-0.3, -0.25) is 0 Å². The summed E-state index contributed by atoms with van der Waals surface area (Å²) in [5.41, 5.74) is 2.10. The standard InChI is InChI=1S/C19H27NO2/c1-15-5-7-16(8-6-15)9-10-17-11-13-20(14-12-17)18(21)22-19(2,3)4/h5-10,17H,11-14H2,1-4H3/b10-9+. The molecule has 1 fully saturated rings. The first-order chi connectivity index (χ1) is 10.3. The predicted molar refractivity (Wildman–Crippen MR) is 90.7 cm³/mol. The van der Waals surface area contributed by atoms with E-state index < -0.39 is 5.60 Å². The van der Waals surface area contributed by atoms with Crippen molar-refractivity contribution in [3.05, 3.63) is 41.5 Å². The number of nitrogens with zero attached hydrogens (tertiary/aromatic N) is 1. The molecule has 1 aromatic carbocycles. The summed E-state index contributed by atoms with van der Waals surface area (Å²) in [6, 6.07) is 8.54. The molecule has 1 amide bonds. The number of ether oxygens (including phenoxy) is 1. The average Bonchev–Trinajstić information content (AvgIpc) is 2.45. The minimum absolute atomic E-state index is 0.187. The Morgan fingerprint density at radius 3 is 2.32 bits per heavy atom. The Balaban J connectivity index is 1.82. The highest BCUT2D eigenvalue weighted by Gasteiger charge is 2.25. The minimum Gasteiger partial charge on any atom is -0.444 e. The molecule has 0 N–H and O–H groups in total. The van der Waals surface area contributed by atoms with E-state index in [1.165, 1.54) is 11.1 Å². The molecule has 1 saturated heterocycles. The van der Waals surface area contributed by atoms with E-state index >= 15 is 0 Å². The molecule has 0 radical (unpaired) electrons. The fourth-order valence-corrected chi connectivity index (χ4v) is 2.53. The van der Waals surface area contributed by atoms with Gasteiger partial charge >= 0.3 is 6.09 Å². The number of rotatable bonds is 2. The van der Waals surface area contributed by atoms with Gasteiger partial charge in [0.05, 0.1) is 0 Å². The van der Waals surface area contributed by atoms with Crippen LogP contribution in [0.5, 0.6) is 0 Å². The van der Waals surface area contributed by atoms with Crippen LogP contribution >= 0.6 is 0 Å². The van der Waals surface area contributed by atoms with Crippen molar-refractivity contribution < 1.29 is 9.53 Å². The summed E-state index contributed by atoms with van der Waals surface area (Å²) in [6.45, 7) is 9.36. The van der Waals surface area contributed by atoms with Gasteiger partial charge in [0.2, 0.25) is 0 Å². The lowest BCUT2D eigenvalue weighted by atomic mass is 9.96. The maximum Gasteiger partial charge on any atom is 0.410 e. The first-order valence-corrected chi connectivity index (χ1v) is 8.06. The van der Waals surface area contributed by atoms with Crippen molar-refractivity contribution in [2.75, 3.05) is 13.1 Å². The summed E-state index contributed by atoms with van der Waals surface area (Å²) in [7, 11) is 0. The van der Waals surface area contributed by atoms with Gasteiger partial charge in [0.1, 0.15) is 5.60 Å². The number of hydrogen-bond acceptors (Lipinski definition) is 2. The molecule has 2 rings (SSSR count). The van der Waals surface area contributed by atoms with Crippen LogP contribution in [0.3, 0.4) is 0 Å². The van der Waals surface area contributed by atoms with Crippen molar-refractivity contribution in [1.29, 1.82) is 0 Å². The van der Waals surface area contributed by atoms with Gasteiger partial charge in [0.25, 0.3) is 0 Å². The number of carbonyl (C=O) groups is 1. The molecule has 0 atom stereocenters. The molecule has 22 heavy (non-hydrogen) atoms. The van der Waals surface area contributed by atoms with Crippen molar-refractivity contribution >= 4 is 12.2 Å². The second kappa shape index (κ2) is 6.99. The minimum atomic E-state index is -0.417. The lowest BCUT2D eigenvalue weighted by molar-refractivity contribution is 0.0197. The fraction of sp³-hybridized carbons (Fsp3) is 0.526. The third-order valence-corrected chi connectivity index (χ3v) is 3.83. The number of piperidine rings is 1. The van der Waals surface area contributed by atoms with Crippen LogP contribution < -0.4 is 0 Å². The normalized spacial score (nSPS) is 17.0. The zero-order valence-electron chi connectivity index (χ0n) is 14.1. The molecule has 0 saturated carbocycles. The second-order valence-electron chi connectivity index (χ2n) is 7.07. The summed E-state index contributed by atoms with van der Waals surface area (Å²) in [5, 5.41) is 0. The molecule has 0 unspecified atom stereocenters. The largest absolute Gasteiger partial charge is 0.444 e. The molecule has 0 bridgehead atoms. The molecule has 120 valence electrons. The highest BCUT2D eigenvalue weighted by atomic mass is 16.6. The Bertz CT molecular complexity index is 517. The Morgan fingerprint density at radius 2 is 1.77 bits per heavy atom. The fourth-order valence-electron chi connectivity index (χ4n) is 2.53. The first kappa shape index (κ1) is 16.6. The van der Waals surface area contributed by atoms with Crippen molar-refractivity contribution in [2.45, 2.75) is 46.1 Å². The van der Waals surface area contributed by atoms with Crippen molar-refractivity contribution in [2.24, 2.45) is 5.92 Å². The maximum absolute atomic E-state index is 12.0. The number of amides is 1. The molecular formula is C19H27NO2. The number of hydrogen-bond donors (Lipinski definition) is 0. The van der Waals surface area contributed by atoms with Gasteiger partial charge in [-0.1, -0.05) is 42.0 Å². The number of allylic oxidation sites excluding steroid dienone is 1.